The van der Waals surface area contributed by atoms with Gasteiger partial charge < -0.3 is 4.98 Å². The van der Waals surface area contributed by atoms with Crippen LogP contribution >= 0.6 is 11.6 Å². The molecule has 0 bridgehead atoms. The second-order valence-electron chi connectivity index (χ2n) is 4.04. The maximum atomic E-state index is 5.94. The highest BCUT2D eigenvalue weighted by atomic mass is 35.5. The maximum Gasteiger partial charge on any atom is 0.156 e. The fourth-order valence-corrected chi connectivity index (χ4v) is 2.11. The fraction of sp³-hybridized carbons (Fsp3) is 0.167. The normalized spacial score (nSPS) is 11.2. The quantitative estimate of drug-likeness (QED) is 0.718. The number of nitrogens with zero attached hydrogens (tertiary/aromatic N) is 3. The Bertz CT molecular complexity index is 696. The third-order valence-electron chi connectivity index (χ3n) is 2.69. The minimum Gasteiger partial charge on any atom is -0.337 e. The summed E-state index contributed by atoms with van der Waals surface area (Å²) in [6, 6.07) is 7.61. The Morgan fingerprint density at radius 2 is 2.12 bits per heavy atom. The van der Waals surface area contributed by atoms with Crippen molar-refractivity contribution >= 4 is 22.6 Å². The topological polar surface area (TPSA) is 46.5 Å². The number of rotatable bonds is 1. The van der Waals surface area contributed by atoms with Gasteiger partial charge in [0.2, 0.25) is 0 Å². The minimum atomic E-state index is 0.703. The molecule has 2 heterocycles. The Morgan fingerprint density at radius 1 is 1.29 bits per heavy atom. The van der Waals surface area contributed by atoms with E-state index >= 15 is 0 Å². The first-order valence-corrected chi connectivity index (χ1v) is 5.67. The van der Waals surface area contributed by atoms with E-state index in [4.69, 9.17) is 11.6 Å². The maximum absolute atomic E-state index is 5.94. The zero-order valence-corrected chi connectivity index (χ0v) is 10.3. The van der Waals surface area contributed by atoms with E-state index in [1.165, 1.54) is 0 Å². The molecule has 0 saturated carbocycles. The van der Waals surface area contributed by atoms with Crippen LogP contribution in [0.2, 0.25) is 5.02 Å². The van der Waals surface area contributed by atoms with E-state index in [2.05, 4.69) is 15.1 Å². The Balaban J connectivity index is 2.21. The molecule has 17 heavy (non-hydrogen) atoms. The van der Waals surface area contributed by atoms with Crippen LogP contribution in [0.15, 0.2) is 24.3 Å². The second-order valence-corrected chi connectivity index (χ2v) is 4.48. The molecule has 0 unspecified atom stereocenters. The van der Waals surface area contributed by atoms with Gasteiger partial charge in [-0.1, -0.05) is 11.6 Å². The molecule has 0 saturated heterocycles. The molecule has 0 aliphatic rings. The van der Waals surface area contributed by atoms with E-state index in [1.807, 2.05) is 42.9 Å². The number of imidazole rings is 1. The lowest BCUT2D eigenvalue weighted by Gasteiger charge is -1.95. The number of aryl methyl sites for hydroxylation is 2. The Hall–Kier alpha value is -1.81. The standard InChI is InChI=1S/C12H11ClN4/c1-7-5-11(17(2)16-7)12-14-9-4-3-8(13)6-10(9)15-12/h3-6H,1-2H3,(H,14,15). The summed E-state index contributed by atoms with van der Waals surface area (Å²) in [5.74, 6) is 0.811. The van der Waals surface area contributed by atoms with Crippen molar-refractivity contribution in [2.24, 2.45) is 7.05 Å². The van der Waals surface area contributed by atoms with Crippen molar-refractivity contribution in [2.45, 2.75) is 6.92 Å². The summed E-state index contributed by atoms with van der Waals surface area (Å²) in [5, 5.41) is 5.01. The average Bonchev–Trinajstić information content (AvgIpc) is 2.80. The van der Waals surface area contributed by atoms with Crippen LogP contribution in [-0.4, -0.2) is 19.7 Å². The number of aromatic amines is 1. The van der Waals surface area contributed by atoms with Crippen LogP contribution < -0.4 is 0 Å². The Morgan fingerprint density at radius 3 is 2.82 bits per heavy atom. The van der Waals surface area contributed by atoms with E-state index in [0.29, 0.717) is 5.02 Å². The first kappa shape index (κ1) is 10.4. The summed E-state index contributed by atoms with van der Waals surface area (Å²) in [6.07, 6.45) is 0. The molecule has 1 N–H and O–H groups in total. The van der Waals surface area contributed by atoms with Gasteiger partial charge in [0.05, 0.1) is 16.7 Å². The monoisotopic (exact) mass is 246 g/mol. The smallest absolute Gasteiger partial charge is 0.156 e. The number of hydrogen-bond acceptors (Lipinski definition) is 2. The zero-order valence-electron chi connectivity index (χ0n) is 9.53. The van der Waals surface area contributed by atoms with E-state index in [1.54, 1.807) is 0 Å². The molecule has 0 fully saturated rings. The lowest BCUT2D eigenvalue weighted by molar-refractivity contribution is 0.760. The predicted molar refractivity (Wildman–Crippen MR) is 68.0 cm³/mol. The summed E-state index contributed by atoms with van der Waals surface area (Å²) in [5.41, 5.74) is 3.78. The molecule has 0 radical (unpaired) electrons. The predicted octanol–water partition coefficient (Wildman–Crippen LogP) is 2.93. The molecule has 5 heteroatoms. The van der Waals surface area contributed by atoms with Crippen LogP contribution in [0, 0.1) is 6.92 Å². The van der Waals surface area contributed by atoms with Crippen molar-refractivity contribution in [2.75, 3.05) is 0 Å². The number of benzene rings is 1. The molecule has 0 amide bonds. The van der Waals surface area contributed by atoms with Crippen molar-refractivity contribution < 1.29 is 0 Å². The van der Waals surface area contributed by atoms with Gasteiger partial charge in [0.1, 0.15) is 5.69 Å². The van der Waals surface area contributed by atoms with Crippen LogP contribution in [0.4, 0.5) is 0 Å². The molecular weight excluding hydrogens is 236 g/mol. The molecule has 1 aromatic carbocycles. The average molecular weight is 247 g/mol. The van der Waals surface area contributed by atoms with E-state index < -0.39 is 0 Å². The molecule has 4 nitrogen and oxygen atoms in total. The van der Waals surface area contributed by atoms with Gasteiger partial charge in [0, 0.05) is 12.1 Å². The lowest BCUT2D eigenvalue weighted by Crippen LogP contribution is -1.94. The SMILES string of the molecule is Cc1cc(-c2nc3ccc(Cl)cc3[nH]2)n(C)n1. The van der Waals surface area contributed by atoms with Crippen molar-refractivity contribution in [3.8, 4) is 11.5 Å². The Kier molecular flexibility index (Phi) is 2.19. The van der Waals surface area contributed by atoms with Gasteiger partial charge in [-0.15, -0.1) is 0 Å². The number of fused-ring (bicyclic) bond motifs is 1. The van der Waals surface area contributed by atoms with Crippen molar-refractivity contribution in [3.05, 3.63) is 35.0 Å². The lowest BCUT2D eigenvalue weighted by atomic mass is 10.3. The third kappa shape index (κ3) is 1.70. The van der Waals surface area contributed by atoms with Crippen LogP contribution in [-0.2, 0) is 7.05 Å². The fourth-order valence-electron chi connectivity index (χ4n) is 1.94. The van der Waals surface area contributed by atoms with Crippen LogP contribution in [0.1, 0.15) is 5.69 Å². The number of H-pyrrole nitrogens is 1. The van der Waals surface area contributed by atoms with E-state index in [0.717, 1.165) is 28.2 Å². The number of hydrogen-bond donors (Lipinski definition) is 1. The first-order chi connectivity index (χ1) is 8.13. The molecule has 3 aromatic rings. The van der Waals surface area contributed by atoms with Crippen molar-refractivity contribution in [3.63, 3.8) is 0 Å². The minimum absolute atomic E-state index is 0.703. The summed E-state index contributed by atoms with van der Waals surface area (Å²) in [6.45, 7) is 1.96. The van der Waals surface area contributed by atoms with Gasteiger partial charge in [-0.05, 0) is 31.2 Å². The van der Waals surface area contributed by atoms with E-state index in [-0.39, 0.29) is 0 Å². The first-order valence-electron chi connectivity index (χ1n) is 5.30. The number of halogens is 1. The van der Waals surface area contributed by atoms with Gasteiger partial charge in [-0.3, -0.25) is 4.68 Å². The number of aromatic nitrogens is 4. The molecule has 2 aromatic heterocycles. The molecule has 0 aliphatic carbocycles. The molecule has 3 rings (SSSR count). The molecule has 86 valence electrons. The zero-order chi connectivity index (χ0) is 12.0. The van der Waals surface area contributed by atoms with Gasteiger partial charge >= 0.3 is 0 Å². The molecule has 0 spiro atoms. The summed E-state index contributed by atoms with van der Waals surface area (Å²) in [7, 11) is 1.91. The van der Waals surface area contributed by atoms with Gasteiger partial charge in [0.15, 0.2) is 5.82 Å². The van der Waals surface area contributed by atoms with Crippen LogP contribution in [0.5, 0.6) is 0 Å². The summed E-state index contributed by atoms with van der Waals surface area (Å²) < 4.78 is 1.81. The van der Waals surface area contributed by atoms with Crippen molar-refractivity contribution in [1.82, 2.24) is 19.7 Å². The van der Waals surface area contributed by atoms with Gasteiger partial charge in [0.25, 0.3) is 0 Å². The highest BCUT2D eigenvalue weighted by Gasteiger charge is 2.10. The summed E-state index contributed by atoms with van der Waals surface area (Å²) in [4.78, 5) is 7.77. The molecular formula is C12H11ClN4. The highest BCUT2D eigenvalue weighted by Crippen LogP contribution is 2.22. The highest BCUT2D eigenvalue weighted by molar-refractivity contribution is 6.31. The van der Waals surface area contributed by atoms with E-state index in [9.17, 15) is 0 Å². The van der Waals surface area contributed by atoms with Crippen LogP contribution in [0.25, 0.3) is 22.6 Å². The summed E-state index contributed by atoms with van der Waals surface area (Å²) >= 11 is 5.94. The number of nitrogens with one attached hydrogen (secondary N) is 1. The largest absolute Gasteiger partial charge is 0.337 e. The molecule has 0 atom stereocenters. The van der Waals surface area contributed by atoms with Gasteiger partial charge in [-0.25, -0.2) is 4.98 Å². The molecule has 0 aliphatic heterocycles. The Labute approximate surface area is 103 Å². The van der Waals surface area contributed by atoms with Crippen LogP contribution in [0.3, 0.4) is 0 Å². The van der Waals surface area contributed by atoms with Crippen molar-refractivity contribution in [1.29, 1.82) is 0 Å². The second kappa shape index (κ2) is 3.60. The third-order valence-corrected chi connectivity index (χ3v) is 2.92. The van der Waals surface area contributed by atoms with Gasteiger partial charge in [-0.2, -0.15) is 5.10 Å².